The lowest BCUT2D eigenvalue weighted by atomic mass is 9.91. The van der Waals surface area contributed by atoms with Crippen LogP contribution in [0.5, 0.6) is 0 Å². The lowest BCUT2D eigenvalue weighted by Gasteiger charge is -2.25. The third-order valence-corrected chi connectivity index (χ3v) is 9.21. The minimum absolute atomic E-state index is 0.0619. The van der Waals surface area contributed by atoms with Crippen molar-refractivity contribution in [1.82, 2.24) is 10.0 Å². The molecule has 0 heterocycles. The number of sulfonamides is 1. The number of benzene rings is 3. The maximum Gasteiger partial charge on any atom is 0.255 e. The molecule has 0 spiro atoms. The van der Waals surface area contributed by atoms with E-state index in [1.807, 2.05) is 44.2 Å². The van der Waals surface area contributed by atoms with Crippen LogP contribution >= 0.6 is 0 Å². The number of anilines is 1. The second-order valence-corrected chi connectivity index (χ2v) is 12.1. The number of hydrogen-bond acceptors (Lipinski definition) is 5. The Morgan fingerprint density at radius 2 is 1.70 bits per heavy atom. The van der Waals surface area contributed by atoms with Crippen molar-refractivity contribution in [3.8, 4) is 0 Å². The Morgan fingerprint density at radius 3 is 2.42 bits per heavy atom. The second kappa shape index (κ2) is 13.4. The molecular formula is C32H39N3O4S. The van der Waals surface area contributed by atoms with Crippen LogP contribution in [0.15, 0.2) is 77.2 Å². The minimum atomic E-state index is -3.86. The van der Waals surface area contributed by atoms with E-state index in [4.69, 9.17) is 0 Å². The Kier molecular flexibility index (Phi) is 9.90. The predicted molar refractivity (Wildman–Crippen MR) is 161 cm³/mol. The molecule has 0 saturated heterocycles. The van der Waals surface area contributed by atoms with E-state index in [9.17, 15) is 18.0 Å². The van der Waals surface area contributed by atoms with Gasteiger partial charge in [-0.05, 0) is 74.9 Å². The van der Waals surface area contributed by atoms with E-state index in [1.54, 1.807) is 36.4 Å². The average Bonchev–Trinajstić information content (AvgIpc) is 3.12. The van der Waals surface area contributed by atoms with Gasteiger partial charge in [0.25, 0.3) is 5.91 Å². The molecule has 1 aliphatic carbocycles. The number of nitrogens with one attached hydrogen (secondary N) is 3. The molecule has 1 amide bonds. The summed E-state index contributed by atoms with van der Waals surface area (Å²) in [6.07, 6.45) is 5.57. The van der Waals surface area contributed by atoms with Crippen molar-refractivity contribution < 1.29 is 18.0 Å². The van der Waals surface area contributed by atoms with E-state index in [0.29, 0.717) is 41.4 Å². The van der Waals surface area contributed by atoms with E-state index in [-0.39, 0.29) is 28.5 Å². The number of rotatable bonds is 10. The van der Waals surface area contributed by atoms with Crippen LogP contribution in [0.25, 0.3) is 10.8 Å². The SMILES string of the molecule is CCNCC(=O)/C=C1/CCCC(NS(=O)(=O)c2ccc(NC(=O)c3ccccc3C)c3ccccc23)[C@H](CC)C1. The number of amides is 1. The zero-order chi connectivity index (χ0) is 28.7. The summed E-state index contributed by atoms with van der Waals surface area (Å²) in [7, 11) is -3.86. The zero-order valence-electron chi connectivity index (χ0n) is 23.5. The second-order valence-electron chi connectivity index (χ2n) is 10.5. The van der Waals surface area contributed by atoms with Gasteiger partial charge in [0, 0.05) is 28.1 Å². The number of fused-ring (bicyclic) bond motifs is 1. The smallest absolute Gasteiger partial charge is 0.255 e. The van der Waals surface area contributed by atoms with Gasteiger partial charge in [-0.3, -0.25) is 9.59 Å². The molecule has 40 heavy (non-hydrogen) atoms. The van der Waals surface area contributed by atoms with Gasteiger partial charge >= 0.3 is 0 Å². The van der Waals surface area contributed by atoms with Crippen LogP contribution < -0.4 is 15.4 Å². The fourth-order valence-electron chi connectivity index (χ4n) is 5.50. The van der Waals surface area contributed by atoms with Crippen LogP contribution in [0.3, 0.4) is 0 Å². The van der Waals surface area contributed by atoms with Crippen LogP contribution in [0, 0.1) is 12.8 Å². The Bertz CT molecular complexity index is 1510. The summed E-state index contributed by atoms with van der Waals surface area (Å²) in [4.78, 5) is 25.5. The molecule has 2 atom stereocenters. The highest BCUT2D eigenvalue weighted by atomic mass is 32.2. The molecule has 0 aromatic heterocycles. The monoisotopic (exact) mass is 561 g/mol. The summed E-state index contributed by atoms with van der Waals surface area (Å²) in [5.74, 6) is -0.0877. The average molecular weight is 562 g/mol. The van der Waals surface area contributed by atoms with Crippen LogP contribution in [0.1, 0.15) is 61.9 Å². The largest absolute Gasteiger partial charge is 0.321 e. The lowest BCUT2D eigenvalue weighted by molar-refractivity contribution is -0.113. The normalized spacial score (nSPS) is 18.9. The van der Waals surface area contributed by atoms with E-state index in [2.05, 4.69) is 22.3 Å². The highest BCUT2D eigenvalue weighted by Gasteiger charge is 2.30. The molecule has 3 aromatic carbocycles. The molecule has 3 N–H and O–H groups in total. The Balaban J connectivity index is 1.58. The van der Waals surface area contributed by atoms with Crippen molar-refractivity contribution in [1.29, 1.82) is 0 Å². The maximum absolute atomic E-state index is 13.8. The van der Waals surface area contributed by atoms with Gasteiger partial charge in [0.1, 0.15) is 0 Å². The molecule has 7 nitrogen and oxygen atoms in total. The van der Waals surface area contributed by atoms with E-state index < -0.39 is 10.0 Å². The maximum atomic E-state index is 13.8. The fraction of sp³-hybridized carbons (Fsp3) is 0.375. The molecule has 3 aromatic rings. The quantitative estimate of drug-likeness (QED) is 0.216. The molecule has 1 saturated carbocycles. The Morgan fingerprint density at radius 1 is 0.975 bits per heavy atom. The molecule has 1 aliphatic rings. The van der Waals surface area contributed by atoms with Crippen molar-refractivity contribution in [3.63, 3.8) is 0 Å². The first-order chi connectivity index (χ1) is 19.2. The van der Waals surface area contributed by atoms with Crippen molar-refractivity contribution >= 4 is 38.2 Å². The van der Waals surface area contributed by atoms with Crippen molar-refractivity contribution in [2.24, 2.45) is 5.92 Å². The summed E-state index contributed by atoms with van der Waals surface area (Å²) in [6.45, 7) is 6.98. The summed E-state index contributed by atoms with van der Waals surface area (Å²) in [5.41, 5.74) is 3.08. The summed E-state index contributed by atoms with van der Waals surface area (Å²) in [6, 6.07) is 17.6. The fourth-order valence-corrected chi connectivity index (χ4v) is 7.05. The number of ketones is 1. The topological polar surface area (TPSA) is 104 Å². The Labute approximate surface area is 237 Å². The van der Waals surface area contributed by atoms with Crippen LogP contribution in [-0.2, 0) is 14.8 Å². The third-order valence-electron chi connectivity index (χ3n) is 7.66. The highest BCUT2D eigenvalue weighted by Crippen LogP contribution is 2.33. The zero-order valence-corrected chi connectivity index (χ0v) is 24.3. The van der Waals surface area contributed by atoms with Gasteiger partial charge in [-0.25, -0.2) is 13.1 Å². The van der Waals surface area contributed by atoms with E-state index >= 15 is 0 Å². The molecule has 1 fully saturated rings. The first kappa shape index (κ1) is 29.6. The summed E-state index contributed by atoms with van der Waals surface area (Å²) >= 11 is 0. The number of carbonyl (C=O) groups is 2. The van der Waals surface area contributed by atoms with Gasteiger partial charge in [0.15, 0.2) is 5.78 Å². The number of likely N-dealkylation sites (N-methyl/N-ethyl adjacent to an activating group) is 1. The summed E-state index contributed by atoms with van der Waals surface area (Å²) in [5, 5.41) is 7.24. The molecule has 0 bridgehead atoms. The van der Waals surface area contributed by atoms with Gasteiger partial charge in [-0.15, -0.1) is 0 Å². The van der Waals surface area contributed by atoms with E-state index in [0.717, 1.165) is 36.9 Å². The summed E-state index contributed by atoms with van der Waals surface area (Å²) < 4.78 is 30.6. The van der Waals surface area contributed by atoms with Crippen molar-refractivity contribution in [2.75, 3.05) is 18.4 Å². The molecule has 212 valence electrons. The molecule has 0 radical (unpaired) electrons. The number of carbonyl (C=O) groups excluding carboxylic acids is 2. The van der Waals surface area contributed by atoms with Gasteiger partial charge < -0.3 is 10.6 Å². The van der Waals surface area contributed by atoms with E-state index in [1.165, 1.54) is 0 Å². The molecule has 0 aliphatic heterocycles. The minimum Gasteiger partial charge on any atom is -0.321 e. The third kappa shape index (κ3) is 7.05. The van der Waals surface area contributed by atoms with Crippen LogP contribution in [0.2, 0.25) is 0 Å². The molecular weight excluding hydrogens is 522 g/mol. The van der Waals surface area contributed by atoms with Crippen molar-refractivity contribution in [3.05, 3.63) is 83.4 Å². The van der Waals surface area contributed by atoms with Crippen LogP contribution in [-0.4, -0.2) is 39.2 Å². The number of allylic oxidation sites excluding steroid dienone is 1. The molecule has 1 unspecified atom stereocenters. The first-order valence-electron chi connectivity index (χ1n) is 14.1. The first-order valence-corrected chi connectivity index (χ1v) is 15.6. The predicted octanol–water partition coefficient (Wildman–Crippen LogP) is 5.75. The lowest BCUT2D eigenvalue weighted by Crippen LogP contribution is -2.39. The van der Waals surface area contributed by atoms with Gasteiger partial charge in [0.05, 0.1) is 11.4 Å². The van der Waals surface area contributed by atoms with Gasteiger partial charge in [-0.2, -0.15) is 0 Å². The van der Waals surface area contributed by atoms with Crippen LogP contribution in [0.4, 0.5) is 5.69 Å². The Hall–Kier alpha value is -3.33. The number of hydrogen-bond donors (Lipinski definition) is 3. The molecule has 8 heteroatoms. The number of aryl methyl sites for hydroxylation is 1. The van der Waals surface area contributed by atoms with Gasteiger partial charge in [-0.1, -0.05) is 68.3 Å². The molecule has 4 rings (SSSR count). The highest BCUT2D eigenvalue weighted by molar-refractivity contribution is 7.89. The standard InChI is InChI=1S/C32H39N3O4S/c1-4-24-19-23(20-25(36)21-33-5-2)12-10-16-29(24)35-40(38,39)31-18-17-30(27-14-8-9-15-28(27)31)34-32(37)26-13-7-6-11-22(26)3/h6-9,11,13-15,17-18,20,24,29,33,35H,4-5,10,12,16,19,21H2,1-3H3,(H,34,37)/b23-20-/t24-,29?/m1/s1. The van der Waals surface area contributed by atoms with Gasteiger partial charge in [0.2, 0.25) is 10.0 Å². The van der Waals surface area contributed by atoms with Crippen molar-refractivity contribution in [2.45, 2.75) is 63.8 Å².